The first-order valence-electron chi connectivity index (χ1n) is 10.9. The molecule has 1 saturated heterocycles. The topological polar surface area (TPSA) is 47.6 Å². The Labute approximate surface area is 183 Å². The normalized spacial score (nSPS) is 17.8. The largest absolute Gasteiger partial charge is 0.628 e. The van der Waals surface area contributed by atoms with Crippen LogP contribution in [-0.2, 0) is 4.74 Å². The van der Waals surface area contributed by atoms with E-state index in [0.717, 1.165) is 37.7 Å². The number of para-hydroxylation sites is 1. The molecule has 1 fully saturated rings. The molecule has 0 radical (unpaired) electrons. The lowest BCUT2D eigenvalue weighted by Gasteiger charge is -2.38. The summed E-state index contributed by atoms with van der Waals surface area (Å²) in [5, 5.41) is 15.8. The number of morpholine rings is 1. The molecule has 2 aromatic rings. The fourth-order valence-electron chi connectivity index (χ4n) is 4.18. The van der Waals surface area contributed by atoms with E-state index in [1.54, 1.807) is 31.3 Å². The van der Waals surface area contributed by atoms with Crippen LogP contribution in [0.2, 0.25) is 0 Å². The van der Waals surface area contributed by atoms with Crippen molar-refractivity contribution in [3.05, 3.63) is 58.8 Å². The van der Waals surface area contributed by atoms with Crippen LogP contribution in [0.1, 0.15) is 37.4 Å². The van der Waals surface area contributed by atoms with Crippen LogP contribution in [0.15, 0.2) is 42.5 Å². The number of hydrogen-bond acceptors (Lipinski definition) is 4. The molecule has 1 heterocycles. The first-order valence-corrected chi connectivity index (χ1v) is 10.9. The molecule has 1 aliphatic heterocycles. The van der Waals surface area contributed by atoms with Gasteiger partial charge in [-0.05, 0) is 42.7 Å². The molecule has 0 amide bonds. The van der Waals surface area contributed by atoms with Crippen molar-refractivity contribution in [2.45, 2.75) is 39.2 Å². The van der Waals surface area contributed by atoms with Gasteiger partial charge in [0.15, 0.2) is 0 Å². The number of nitrogens with one attached hydrogen (secondary N) is 1. The monoisotopic (exact) mass is 433 g/mol. The summed E-state index contributed by atoms with van der Waals surface area (Å²) in [5.41, 5.74) is 3.64. The van der Waals surface area contributed by atoms with Gasteiger partial charge in [-0.3, -0.25) is 0 Å². The van der Waals surface area contributed by atoms with Gasteiger partial charge < -0.3 is 24.8 Å². The first kappa shape index (κ1) is 23.4. The molecule has 0 aromatic heterocycles. The lowest BCUT2D eigenvalue weighted by molar-refractivity contribution is 0.000767. The Hall–Kier alpha value is -2.22. The van der Waals surface area contributed by atoms with Crippen LogP contribution in [-0.4, -0.2) is 45.8 Å². The minimum atomic E-state index is -3.01. The maximum atomic E-state index is 14.7. The molecule has 2 aromatic carbocycles. The summed E-state index contributed by atoms with van der Waals surface area (Å²) in [6.45, 7) is 7.99. The summed E-state index contributed by atoms with van der Waals surface area (Å²) in [5.74, 6) is -3.01. The minimum absolute atomic E-state index is 0.442. The summed E-state index contributed by atoms with van der Waals surface area (Å²) in [6.07, 6.45) is 0.747. The average Bonchev–Trinajstić information content (AvgIpc) is 2.72. The van der Waals surface area contributed by atoms with E-state index in [4.69, 9.17) is 4.74 Å². The highest BCUT2D eigenvalue weighted by Gasteiger charge is 2.36. The molecule has 1 N–H and O–H groups in total. The van der Waals surface area contributed by atoms with E-state index in [1.807, 2.05) is 32.0 Å². The number of nitrogens with zero attached hydrogens (tertiary/aromatic N) is 2. The maximum absolute atomic E-state index is 14.7. The van der Waals surface area contributed by atoms with Gasteiger partial charge in [0, 0.05) is 20.0 Å². The molecule has 31 heavy (non-hydrogen) atoms. The van der Waals surface area contributed by atoms with Gasteiger partial charge in [0.05, 0.1) is 38.2 Å². The van der Waals surface area contributed by atoms with Crippen molar-refractivity contribution >= 4 is 17.1 Å². The van der Waals surface area contributed by atoms with Crippen LogP contribution < -0.4 is 14.9 Å². The fourth-order valence-corrected chi connectivity index (χ4v) is 4.18. The predicted molar refractivity (Wildman–Crippen MR) is 124 cm³/mol. The fraction of sp³-hybridized carbons (Fsp3) is 0.500. The number of quaternary nitrogens is 1. The molecule has 7 heteroatoms. The SMILES string of the molecule is CCC[N+](C)([O-])c1ccc(C(Nc2cccc(C)c2N2CCOCC2)C(C)(F)F)cc1. The number of anilines is 2. The van der Waals surface area contributed by atoms with E-state index >= 15 is 0 Å². The highest BCUT2D eigenvalue weighted by atomic mass is 19.3. The molecular weight excluding hydrogens is 400 g/mol. The Balaban J connectivity index is 1.93. The number of hydroxylamine groups is 2. The summed E-state index contributed by atoms with van der Waals surface area (Å²) < 4.78 is 34.4. The van der Waals surface area contributed by atoms with Crippen molar-refractivity contribution in [1.82, 2.24) is 4.65 Å². The Morgan fingerprint density at radius 1 is 1.16 bits per heavy atom. The second kappa shape index (κ2) is 9.51. The summed E-state index contributed by atoms with van der Waals surface area (Å²) >= 11 is 0. The highest BCUT2D eigenvalue weighted by molar-refractivity contribution is 5.74. The van der Waals surface area contributed by atoms with E-state index in [2.05, 4.69) is 10.2 Å². The Morgan fingerprint density at radius 2 is 1.81 bits per heavy atom. The maximum Gasteiger partial charge on any atom is 0.269 e. The Morgan fingerprint density at radius 3 is 2.39 bits per heavy atom. The van der Waals surface area contributed by atoms with Crippen LogP contribution in [0.4, 0.5) is 25.8 Å². The quantitative estimate of drug-likeness (QED) is 0.442. The number of aryl methyl sites for hydroxylation is 1. The summed E-state index contributed by atoms with van der Waals surface area (Å²) in [6, 6.07) is 11.1. The number of halogens is 2. The van der Waals surface area contributed by atoms with E-state index in [0.29, 0.717) is 36.7 Å². The molecule has 3 rings (SSSR count). The van der Waals surface area contributed by atoms with Crippen LogP contribution in [0, 0.1) is 12.1 Å². The Bertz CT molecular complexity index is 860. The molecule has 2 unspecified atom stereocenters. The van der Waals surface area contributed by atoms with Crippen molar-refractivity contribution in [3.8, 4) is 0 Å². The number of alkyl halides is 2. The molecular formula is C24H33F2N3O2. The van der Waals surface area contributed by atoms with E-state index < -0.39 is 16.6 Å². The van der Waals surface area contributed by atoms with Crippen LogP contribution in [0.25, 0.3) is 0 Å². The van der Waals surface area contributed by atoms with E-state index in [-0.39, 0.29) is 0 Å². The van der Waals surface area contributed by atoms with Gasteiger partial charge in [-0.1, -0.05) is 31.2 Å². The second-order valence-electron chi connectivity index (χ2n) is 8.52. The lowest BCUT2D eigenvalue weighted by atomic mass is 9.99. The average molecular weight is 434 g/mol. The number of rotatable bonds is 8. The highest BCUT2D eigenvalue weighted by Crippen LogP contribution is 2.39. The van der Waals surface area contributed by atoms with Crippen molar-refractivity contribution in [2.75, 3.05) is 50.1 Å². The smallest absolute Gasteiger partial charge is 0.269 e. The zero-order valence-corrected chi connectivity index (χ0v) is 18.8. The third-order valence-corrected chi connectivity index (χ3v) is 5.79. The number of benzene rings is 2. The molecule has 1 aliphatic rings. The molecule has 0 saturated carbocycles. The van der Waals surface area contributed by atoms with Crippen LogP contribution in [0.5, 0.6) is 0 Å². The van der Waals surface area contributed by atoms with Gasteiger partial charge in [-0.25, -0.2) is 8.78 Å². The molecule has 0 spiro atoms. The van der Waals surface area contributed by atoms with Crippen LogP contribution >= 0.6 is 0 Å². The zero-order chi connectivity index (χ0) is 22.6. The lowest BCUT2D eigenvalue weighted by Crippen LogP contribution is -2.39. The molecule has 0 aliphatic carbocycles. The second-order valence-corrected chi connectivity index (χ2v) is 8.52. The van der Waals surface area contributed by atoms with Crippen LogP contribution in [0.3, 0.4) is 0 Å². The van der Waals surface area contributed by atoms with Crippen molar-refractivity contribution in [2.24, 2.45) is 0 Å². The molecule has 5 nitrogen and oxygen atoms in total. The van der Waals surface area contributed by atoms with Gasteiger partial charge >= 0.3 is 0 Å². The molecule has 2 atom stereocenters. The van der Waals surface area contributed by atoms with Crippen molar-refractivity contribution < 1.29 is 13.5 Å². The minimum Gasteiger partial charge on any atom is -0.628 e. The van der Waals surface area contributed by atoms with Gasteiger partial charge in [-0.2, -0.15) is 0 Å². The van der Waals surface area contributed by atoms with Crippen molar-refractivity contribution in [3.63, 3.8) is 0 Å². The van der Waals surface area contributed by atoms with Crippen molar-refractivity contribution in [1.29, 1.82) is 0 Å². The predicted octanol–water partition coefficient (Wildman–Crippen LogP) is 5.48. The standard InChI is InChI=1S/C24H33F2N3O2/c1-5-15-29(4,30)20-11-9-19(10-12-20)23(24(3,25)26)27-21-8-6-7-18(2)22(21)28-13-16-31-17-14-28/h6-12,23,27H,5,13-17H2,1-4H3. The third kappa shape index (κ3) is 5.53. The van der Waals surface area contributed by atoms with E-state index in [9.17, 15) is 14.0 Å². The molecule has 0 bridgehead atoms. The van der Waals surface area contributed by atoms with Gasteiger partial charge in [-0.15, -0.1) is 0 Å². The van der Waals surface area contributed by atoms with E-state index in [1.165, 1.54) is 0 Å². The molecule has 170 valence electrons. The Kier molecular flexibility index (Phi) is 7.19. The first-order chi connectivity index (χ1) is 14.6. The number of hydrogen-bond donors (Lipinski definition) is 1. The van der Waals surface area contributed by atoms with Gasteiger partial charge in [0.2, 0.25) is 0 Å². The zero-order valence-electron chi connectivity index (χ0n) is 18.8. The summed E-state index contributed by atoms with van der Waals surface area (Å²) in [4.78, 5) is 2.18. The number of ether oxygens (including phenoxy) is 1. The summed E-state index contributed by atoms with van der Waals surface area (Å²) in [7, 11) is 1.59. The van der Waals surface area contributed by atoms with Gasteiger partial charge in [0.25, 0.3) is 5.92 Å². The van der Waals surface area contributed by atoms with Gasteiger partial charge in [0.1, 0.15) is 11.7 Å². The third-order valence-electron chi connectivity index (χ3n) is 5.79.